The summed E-state index contributed by atoms with van der Waals surface area (Å²) in [5.41, 5.74) is 0.473. The Morgan fingerprint density at radius 1 is 0.935 bits per heavy atom. The van der Waals surface area contributed by atoms with E-state index < -0.39 is 24.3 Å². The smallest absolute Gasteiger partial charge is 0.412 e. The molecule has 0 fully saturated rings. The largest absolute Gasteiger partial charge is 0.490 e. The second-order valence-electron chi connectivity index (χ2n) is 7.92. The first-order valence-electron chi connectivity index (χ1n) is 9.91. The zero-order valence-corrected chi connectivity index (χ0v) is 17.7. The molecule has 0 saturated carbocycles. The molecule has 3 rings (SSSR count). The summed E-state index contributed by atoms with van der Waals surface area (Å²) in [6, 6.07) is 11.0. The van der Waals surface area contributed by atoms with Gasteiger partial charge in [0, 0.05) is 17.7 Å². The van der Waals surface area contributed by atoms with Crippen LogP contribution in [-0.2, 0) is 9.47 Å². The van der Waals surface area contributed by atoms with E-state index in [0.29, 0.717) is 36.0 Å². The Hall–Kier alpha value is -3.55. The van der Waals surface area contributed by atoms with Gasteiger partial charge in [-0.3, -0.25) is 10.1 Å². The van der Waals surface area contributed by atoms with Crippen LogP contribution in [0.15, 0.2) is 42.5 Å². The van der Waals surface area contributed by atoms with Gasteiger partial charge in [-0.05, 0) is 63.2 Å². The van der Waals surface area contributed by atoms with Crippen LogP contribution in [0.4, 0.5) is 10.5 Å². The number of hydrogen-bond acceptors (Lipinski definition) is 7. The number of amides is 1. The molecule has 2 aromatic carbocycles. The molecule has 1 aliphatic heterocycles. The van der Waals surface area contributed by atoms with Gasteiger partial charge in [-0.15, -0.1) is 0 Å². The molecule has 0 radical (unpaired) electrons. The fourth-order valence-corrected chi connectivity index (χ4v) is 2.75. The first kappa shape index (κ1) is 22.1. The number of anilines is 1. The van der Waals surface area contributed by atoms with Gasteiger partial charge in [0.2, 0.25) is 0 Å². The summed E-state index contributed by atoms with van der Waals surface area (Å²) in [4.78, 5) is 36.4. The van der Waals surface area contributed by atoms with Gasteiger partial charge in [0.1, 0.15) is 5.60 Å². The number of esters is 1. The minimum atomic E-state index is -0.647. The summed E-state index contributed by atoms with van der Waals surface area (Å²) < 4.78 is 21.4. The first-order chi connectivity index (χ1) is 14.7. The van der Waals surface area contributed by atoms with Gasteiger partial charge in [-0.25, -0.2) is 9.59 Å². The highest BCUT2D eigenvalue weighted by Gasteiger charge is 2.18. The molecule has 0 saturated heterocycles. The Balaban J connectivity index is 1.54. The van der Waals surface area contributed by atoms with Crippen LogP contribution in [0.1, 0.15) is 47.9 Å². The Labute approximate surface area is 180 Å². The van der Waals surface area contributed by atoms with Crippen LogP contribution in [0.5, 0.6) is 11.5 Å². The number of rotatable bonds is 5. The predicted molar refractivity (Wildman–Crippen MR) is 113 cm³/mol. The van der Waals surface area contributed by atoms with Gasteiger partial charge in [-0.1, -0.05) is 0 Å². The third-order valence-electron chi connectivity index (χ3n) is 4.17. The molecule has 0 bridgehead atoms. The van der Waals surface area contributed by atoms with Crippen LogP contribution >= 0.6 is 0 Å². The fraction of sp³-hybridized carbons (Fsp3) is 0.348. The van der Waals surface area contributed by atoms with Crippen LogP contribution in [0.25, 0.3) is 0 Å². The number of hydrogen-bond donors (Lipinski definition) is 1. The maximum Gasteiger partial charge on any atom is 0.412 e. The molecule has 0 aliphatic carbocycles. The maximum absolute atomic E-state index is 12.4. The van der Waals surface area contributed by atoms with E-state index >= 15 is 0 Å². The maximum atomic E-state index is 12.4. The number of carbonyl (C=O) groups excluding carboxylic acids is 3. The molecular weight excluding hydrogens is 402 g/mol. The van der Waals surface area contributed by atoms with Crippen molar-refractivity contribution in [1.82, 2.24) is 0 Å². The van der Waals surface area contributed by atoms with Crippen LogP contribution in [0.2, 0.25) is 0 Å². The van der Waals surface area contributed by atoms with E-state index in [-0.39, 0.29) is 11.3 Å². The van der Waals surface area contributed by atoms with E-state index in [9.17, 15) is 14.4 Å². The van der Waals surface area contributed by atoms with Crippen molar-refractivity contribution < 1.29 is 33.3 Å². The number of benzene rings is 2. The van der Waals surface area contributed by atoms with E-state index in [1.807, 2.05) is 0 Å². The molecule has 1 amide bonds. The van der Waals surface area contributed by atoms with Crippen molar-refractivity contribution in [2.75, 3.05) is 25.1 Å². The molecule has 0 aromatic heterocycles. The second-order valence-corrected chi connectivity index (χ2v) is 7.92. The average molecular weight is 427 g/mol. The fourth-order valence-electron chi connectivity index (χ4n) is 2.75. The lowest BCUT2D eigenvalue weighted by Crippen LogP contribution is -2.27. The van der Waals surface area contributed by atoms with E-state index in [2.05, 4.69) is 5.32 Å². The molecule has 1 aliphatic rings. The van der Waals surface area contributed by atoms with Gasteiger partial charge in [-0.2, -0.15) is 0 Å². The van der Waals surface area contributed by atoms with Crippen LogP contribution in [0.3, 0.4) is 0 Å². The van der Waals surface area contributed by atoms with Gasteiger partial charge in [0.25, 0.3) is 0 Å². The highest BCUT2D eigenvalue weighted by Crippen LogP contribution is 2.30. The summed E-state index contributed by atoms with van der Waals surface area (Å²) in [5, 5.41) is 2.58. The third-order valence-corrected chi connectivity index (χ3v) is 4.17. The molecule has 2 aromatic rings. The molecule has 31 heavy (non-hydrogen) atoms. The van der Waals surface area contributed by atoms with Crippen molar-refractivity contribution in [3.05, 3.63) is 53.6 Å². The Kier molecular flexibility index (Phi) is 6.79. The zero-order valence-electron chi connectivity index (χ0n) is 17.7. The van der Waals surface area contributed by atoms with Crippen LogP contribution < -0.4 is 14.8 Å². The Morgan fingerprint density at radius 2 is 1.58 bits per heavy atom. The topological polar surface area (TPSA) is 100 Å². The van der Waals surface area contributed by atoms with Crippen molar-refractivity contribution in [1.29, 1.82) is 0 Å². The first-order valence-corrected chi connectivity index (χ1v) is 9.91. The number of carbonyl (C=O) groups is 3. The Morgan fingerprint density at radius 3 is 2.26 bits per heavy atom. The zero-order chi connectivity index (χ0) is 22.4. The molecular formula is C23H25NO7. The molecule has 164 valence electrons. The summed E-state index contributed by atoms with van der Waals surface area (Å²) >= 11 is 0. The van der Waals surface area contributed by atoms with E-state index in [1.54, 1.807) is 51.1 Å². The third kappa shape index (κ3) is 6.47. The molecule has 0 spiro atoms. The van der Waals surface area contributed by atoms with Gasteiger partial charge in [0.05, 0.1) is 18.8 Å². The van der Waals surface area contributed by atoms with Gasteiger partial charge in [0.15, 0.2) is 23.9 Å². The second kappa shape index (κ2) is 9.51. The average Bonchev–Trinajstić information content (AvgIpc) is 2.95. The van der Waals surface area contributed by atoms with Crippen LogP contribution in [-0.4, -0.2) is 43.3 Å². The van der Waals surface area contributed by atoms with Gasteiger partial charge >= 0.3 is 12.1 Å². The molecule has 8 heteroatoms. The highest BCUT2D eigenvalue weighted by molar-refractivity contribution is 6.00. The predicted octanol–water partition coefficient (Wildman–Crippen LogP) is 4.23. The molecule has 1 heterocycles. The number of ether oxygens (including phenoxy) is 4. The number of Topliss-reactive ketones (excluding diaryl/α,β-unsaturated/α-hetero) is 1. The lowest BCUT2D eigenvalue weighted by molar-refractivity contribution is 0.0474. The normalized spacial score (nSPS) is 13.0. The molecule has 0 unspecified atom stereocenters. The monoisotopic (exact) mass is 427 g/mol. The molecule has 0 atom stereocenters. The van der Waals surface area contributed by atoms with E-state index in [1.165, 1.54) is 12.1 Å². The number of nitrogens with one attached hydrogen (secondary N) is 1. The van der Waals surface area contributed by atoms with E-state index in [4.69, 9.17) is 18.9 Å². The molecule has 1 N–H and O–H groups in total. The van der Waals surface area contributed by atoms with Crippen molar-refractivity contribution in [3.8, 4) is 11.5 Å². The van der Waals surface area contributed by atoms with Gasteiger partial charge < -0.3 is 18.9 Å². The highest BCUT2D eigenvalue weighted by atomic mass is 16.6. The van der Waals surface area contributed by atoms with Crippen LogP contribution in [0, 0.1) is 0 Å². The van der Waals surface area contributed by atoms with Crippen molar-refractivity contribution in [2.45, 2.75) is 32.8 Å². The quantitative estimate of drug-likeness (QED) is 0.563. The standard InChI is InChI=1S/C23H25NO7/c1-23(2,3)31-22(27)24-17-8-5-15(6-9-17)21(26)30-14-18(25)16-7-10-19-20(13-16)29-12-4-11-28-19/h5-10,13H,4,11-12,14H2,1-3H3,(H,24,27). The minimum absolute atomic E-state index is 0.251. The van der Waals surface area contributed by atoms with Crippen molar-refractivity contribution >= 4 is 23.5 Å². The van der Waals surface area contributed by atoms with Crippen molar-refractivity contribution in [3.63, 3.8) is 0 Å². The number of ketones is 1. The minimum Gasteiger partial charge on any atom is -0.490 e. The molecule has 8 nitrogen and oxygen atoms in total. The summed E-state index contributed by atoms with van der Waals surface area (Å²) in [6.07, 6.45) is 0.172. The lowest BCUT2D eigenvalue weighted by Gasteiger charge is -2.19. The van der Waals surface area contributed by atoms with Crippen molar-refractivity contribution in [2.24, 2.45) is 0 Å². The SMILES string of the molecule is CC(C)(C)OC(=O)Nc1ccc(C(=O)OCC(=O)c2ccc3c(c2)OCCCO3)cc1. The lowest BCUT2D eigenvalue weighted by atomic mass is 10.1. The summed E-state index contributed by atoms with van der Waals surface area (Å²) in [6.45, 7) is 5.96. The Bertz CT molecular complexity index is 961. The summed E-state index contributed by atoms with van der Waals surface area (Å²) in [7, 11) is 0. The summed E-state index contributed by atoms with van der Waals surface area (Å²) in [5.74, 6) is 0.0904. The van der Waals surface area contributed by atoms with E-state index in [0.717, 1.165) is 6.42 Å². The number of fused-ring (bicyclic) bond motifs is 1.